The lowest BCUT2D eigenvalue weighted by atomic mass is 9.84. The lowest BCUT2D eigenvalue weighted by Crippen LogP contribution is -2.13. The van der Waals surface area contributed by atoms with Crippen LogP contribution in [0.25, 0.3) is 21.9 Å². The third-order valence-electron chi connectivity index (χ3n) is 4.44. The molecule has 118 valence electrons. The first-order valence-electron chi connectivity index (χ1n) is 7.37. The van der Waals surface area contributed by atoms with E-state index in [1.165, 1.54) is 13.2 Å². The summed E-state index contributed by atoms with van der Waals surface area (Å²) in [5.74, 6) is 1.12. The van der Waals surface area contributed by atoms with Crippen molar-refractivity contribution in [3.63, 3.8) is 0 Å². The van der Waals surface area contributed by atoms with Crippen LogP contribution < -0.4 is 14.2 Å². The summed E-state index contributed by atoms with van der Waals surface area (Å²) in [7, 11) is 1.45. The Bertz CT molecular complexity index is 1060. The molecular weight excluding hydrogens is 310 g/mol. The molecule has 0 spiro atoms. The molecule has 0 saturated heterocycles. The van der Waals surface area contributed by atoms with Gasteiger partial charge in [0, 0.05) is 28.3 Å². The molecule has 1 aromatic heterocycles. The molecule has 0 unspecified atom stereocenters. The molecule has 2 aromatic carbocycles. The standard InChI is InChI=1S/C18H11NO5/c1-22-17-10(20)3-2-9-13(17)14-12-8(4-5-19-15(12)16(9)21)6-11-18(14)24-7-23-11/h2-6,20H,7H2,1H3. The summed E-state index contributed by atoms with van der Waals surface area (Å²) in [5, 5.41) is 11.7. The topological polar surface area (TPSA) is 77.9 Å². The van der Waals surface area contributed by atoms with Crippen LogP contribution in [0.1, 0.15) is 16.1 Å². The number of carbonyl (C=O) groups is 1. The summed E-state index contributed by atoms with van der Waals surface area (Å²) in [4.78, 5) is 17.2. The molecule has 3 aromatic rings. The van der Waals surface area contributed by atoms with E-state index in [2.05, 4.69) is 4.98 Å². The number of ketones is 1. The number of nitrogens with zero attached hydrogens (tertiary/aromatic N) is 1. The zero-order valence-electron chi connectivity index (χ0n) is 12.6. The molecule has 0 radical (unpaired) electrons. The van der Waals surface area contributed by atoms with Crippen LogP contribution >= 0.6 is 0 Å². The van der Waals surface area contributed by atoms with E-state index < -0.39 is 0 Å². The molecule has 0 amide bonds. The van der Waals surface area contributed by atoms with Crippen LogP contribution in [-0.4, -0.2) is 29.8 Å². The second kappa shape index (κ2) is 4.38. The van der Waals surface area contributed by atoms with Crippen LogP contribution in [0.3, 0.4) is 0 Å². The Morgan fingerprint density at radius 1 is 1.21 bits per heavy atom. The Hall–Kier alpha value is -3.28. The third-order valence-corrected chi connectivity index (χ3v) is 4.44. The van der Waals surface area contributed by atoms with Gasteiger partial charge in [0.2, 0.25) is 12.6 Å². The number of pyridine rings is 1. The predicted molar refractivity (Wildman–Crippen MR) is 85.0 cm³/mol. The molecule has 6 nitrogen and oxygen atoms in total. The number of fused-ring (bicyclic) bond motifs is 4. The van der Waals surface area contributed by atoms with Crippen molar-refractivity contribution in [2.75, 3.05) is 13.9 Å². The van der Waals surface area contributed by atoms with Gasteiger partial charge in [-0.25, -0.2) is 0 Å². The quantitative estimate of drug-likeness (QED) is 0.581. The smallest absolute Gasteiger partial charge is 0.231 e. The highest BCUT2D eigenvalue weighted by Crippen LogP contribution is 2.54. The average molecular weight is 321 g/mol. The zero-order valence-corrected chi connectivity index (χ0v) is 12.6. The minimum atomic E-state index is -0.208. The molecule has 0 atom stereocenters. The number of aromatic nitrogens is 1. The lowest BCUT2D eigenvalue weighted by molar-refractivity contribution is 0.103. The summed E-state index contributed by atoms with van der Waals surface area (Å²) < 4.78 is 16.6. The van der Waals surface area contributed by atoms with Gasteiger partial charge in [-0.1, -0.05) is 0 Å². The van der Waals surface area contributed by atoms with E-state index in [1.54, 1.807) is 12.3 Å². The van der Waals surface area contributed by atoms with Gasteiger partial charge in [0.05, 0.1) is 7.11 Å². The van der Waals surface area contributed by atoms with Crippen molar-refractivity contribution >= 4 is 16.6 Å². The number of benzene rings is 2. The summed E-state index contributed by atoms with van der Waals surface area (Å²) >= 11 is 0. The first-order valence-corrected chi connectivity index (χ1v) is 7.37. The maximum Gasteiger partial charge on any atom is 0.231 e. The van der Waals surface area contributed by atoms with Crippen molar-refractivity contribution in [3.05, 3.63) is 41.7 Å². The molecule has 1 N–H and O–H groups in total. The molecule has 24 heavy (non-hydrogen) atoms. The minimum absolute atomic E-state index is 0.0407. The van der Waals surface area contributed by atoms with Gasteiger partial charge in [-0.15, -0.1) is 0 Å². The van der Waals surface area contributed by atoms with Crippen molar-refractivity contribution < 1.29 is 24.1 Å². The van der Waals surface area contributed by atoms with Crippen molar-refractivity contribution in [1.82, 2.24) is 4.98 Å². The Morgan fingerprint density at radius 3 is 2.92 bits per heavy atom. The fraction of sp³-hybridized carbons (Fsp3) is 0.111. The Labute approximate surface area is 136 Å². The highest BCUT2D eigenvalue weighted by molar-refractivity contribution is 6.27. The van der Waals surface area contributed by atoms with Crippen LogP contribution in [0.5, 0.6) is 23.0 Å². The van der Waals surface area contributed by atoms with Crippen LogP contribution in [0, 0.1) is 0 Å². The first kappa shape index (κ1) is 13.2. The van der Waals surface area contributed by atoms with E-state index in [9.17, 15) is 9.90 Å². The lowest BCUT2D eigenvalue weighted by Gasteiger charge is -2.22. The van der Waals surface area contributed by atoms with Gasteiger partial charge in [-0.05, 0) is 29.7 Å². The molecule has 0 fully saturated rings. The van der Waals surface area contributed by atoms with Gasteiger partial charge >= 0.3 is 0 Å². The normalized spacial score (nSPS) is 14.0. The Balaban J connectivity index is 2.06. The fourth-order valence-corrected chi connectivity index (χ4v) is 3.46. The van der Waals surface area contributed by atoms with Gasteiger partial charge in [0.15, 0.2) is 23.0 Å². The van der Waals surface area contributed by atoms with Gasteiger partial charge in [0.1, 0.15) is 5.69 Å². The highest BCUT2D eigenvalue weighted by Gasteiger charge is 2.35. The number of phenolic OH excluding ortho intramolecular Hbond substituents is 1. The van der Waals surface area contributed by atoms with Crippen molar-refractivity contribution in [2.45, 2.75) is 0 Å². The van der Waals surface area contributed by atoms with Gasteiger partial charge in [-0.2, -0.15) is 0 Å². The number of carbonyl (C=O) groups excluding carboxylic acids is 1. The average Bonchev–Trinajstić information content (AvgIpc) is 3.06. The number of methoxy groups -OCH3 is 1. The van der Waals surface area contributed by atoms with Gasteiger partial charge < -0.3 is 19.3 Å². The fourth-order valence-electron chi connectivity index (χ4n) is 3.46. The molecule has 1 aliphatic heterocycles. The Morgan fingerprint density at radius 2 is 2.08 bits per heavy atom. The number of ether oxygens (including phenoxy) is 3. The van der Waals surface area contributed by atoms with Gasteiger partial charge in [-0.3, -0.25) is 9.78 Å². The van der Waals surface area contributed by atoms with E-state index in [0.717, 1.165) is 5.39 Å². The van der Waals surface area contributed by atoms with Crippen molar-refractivity contribution in [3.8, 4) is 34.1 Å². The molecule has 1 aliphatic carbocycles. The van der Waals surface area contributed by atoms with E-state index in [0.29, 0.717) is 39.3 Å². The molecule has 6 heteroatoms. The van der Waals surface area contributed by atoms with Crippen molar-refractivity contribution in [2.24, 2.45) is 0 Å². The molecular formula is C18H11NO5. The van der Waals surface area contributed by atoms with Crippen LogP contribution in [0.4, 0.5) is 0 Å². The molecule has 2 aliphatic rings. The summed E-state index contributed by atoms with van der Waals surface area (Å²) in [6.07, 6.45) is 1.60. The van der Waals surface area contributed by atoms with Crippen molar-refractivity contribution in [1.29, 1.82) is 0 Å². The van der Waals surface area contributed by atoms with E-state index in [1.807, 2.05) is 12.1 Å². The van der Waals surface area contributed by atoms with Gasteiger partial charge in [0.25, 0.3) is 0 Å². The number of hydrogen-bond donors (Lipinski definition) is 1. The SMILES string of the molecule is COc1c(O)ccc2c1-c1c3c(cc4ccnc(c14)C2=O)OCO3. The second-order valence-electron chi connectivity index (χ2n) is 5.61. The van der Waals surface area contributed by atoms with Crippen LogP contribution in [0.2, 0.25) is 0 Å². The van der Waals surface area contributed by atoms with E-state index >= 15 is 0 Å². The number of hydrogen-bond acceptors (Lipinski definition) is 6. The summed E-state index contributed by atoms with van der Waals surface area (Å²) in [5.41, 5.74) is 1.96. The molecule has 0 bridgehead atoms. The van der Waals surface area contributed by atoms with Crippen LogP contribution in [0.15, 0.2) is 30.5 Å². The maximum absolute atomic E-state index is 12.9. The summed E-state index contributed by atoms with van der Waals surface area (Å²) in [6.45, 7) is 0.103. The minimum Gasteiger partial charge on any atom is -0.504 e. The maximum atomic E-state index is 12.9. The van der Waals surface area contributed by atoms with Crippen LogP contribution in [-0.2, 0) is 0 Å². The number of aromatic hydroxyl groups is 1. The number of rotatable bonds is 1. The zero-order chi connectivity index (χ0) is 16.4. The third kappa shape index (κ3) is 1.45. The number of phenols is 1. The molecule has 0 saturated carbocycles. The molecule has 2 heterocycles. The first-order chi connectivity index (χ1) is 11.7. The predicted octanol–water partition coefficient (Wildman–Crippen LogP) is 2.89. The van der Waals surface area contributed by atoms with E-state index in [-0.39, 0.29) is 24.1 Å². The largest absolute Gasteiger partial charge is 0.504 e. The second-order valence-corrected chi connectivity index (χ2v) is 5.61. The highest BCUT2D eigenvalue weighted by atomic mass is 16.7. The molecule has 5 rings (SSSR count). The Kier molecular flexibility index (Phi) is 2.41. The van der Waals surface area contributed by atoms with E-state index in [4.69, 9.17) is 14.2 Å². The summed E-state index contributed by atoms with van der Waals surface area (Å²) in [6, 6.07) is 6.67. The monoisotopic (exact) mass is 321 g/mol.